The second-order valence-corrected chi connectivity index (χ2v) is 9.40. The molecule has 0 amide bonds. The molecule has 0 saturated carbocycles. The van der Waals surface area contributed by atoms with Crippen LogP contribution < -0.4 is 0 Å². The monoisotopic (exact) mass is 390 g/mol. The maximum absolute atomic E-state index is 11.6. The Morgan fingerprint density at radius 2 is 2.29 bits per heavy atom. The number of fused-ring (bicyclic) bond motifs is 1. The van der Waals surface area contributed by atoms with Crippen LogP contribution in [-0.4, -0.2) is 29.5 Å². The average Bonchev–Trinajstić information content (AvgIpc) is 2.90. The zero-order valence-electron chi connectivity index (χ0n) is 11.6. The van der Waals surface area contributed by atoms with Crippen LogP contribution in [0.3, 0.4) is 0 Å². The molecule has 2 aromatic rings. The number of hydrogen-bond donors (Lipinski definition) is 0. The highest BCUT2D eigenvalue weighted by Crippen LogP contribution is 2.29. The van der Waals surface area contributed by atoms with E-state index in [4.69, 9.17) is 11.6 Å². The molecule has 0 N–H and O–H groups in total. The molecule has 21 heavy (non-hydrogen) atoms. The molecule has 3 rings (SSSR count). The number of rotatable bonds is 3. The molecule has 1 aromatic carbocycles. The van der Waals surface area contributed by atoms with E-state index < -0.39 is 9.84 Å². The maximum atomic E-state index is 11.6. The van der Waals surface area contributed by atoms with Crippen LogP contribution in [0.1, 0.15) is 24.5 Å². The number of imidazole rings is 1. The predicted octanol–water partition coefficient (Wildman–Crippen LogP) is 3.53. The molecule has 2 heterocycles. The van der Waals surface area contributed by atoms with Gasteiger partial charge in [0.05, 0.1) is 27.9 Å². The van der Waals surface area contributed by atoms with Crippen molar-refractivity contribution in [2.75, 3.05) is 11.5 Å². The number of sulfone groups is 1. The van der Waals surface area contributed by atoms with Crippen molar-refractivity contribution in [3.63, 3.8) is 0 Å². The number of hydrogen-bond acceptors (Lipinski definition) is 3. The minimum absolute atomic E-state index is 0.144. The molecule has 1 fully saturated rings. The second-order valence-electron chi connectivity index (χ2n) is 5.60. The van der Waals surface area contributed by atoms with E-state index in [1.54, 1.807) is 0 Å². The van der Waals surface area contributed by atoms with Crippen LogP contribution in [0.15, 0.2) is 22.7 Å². The van der Waals surface area contributed by atoms with Crippen LogP contribution >= 0.6 is 27.5 Å². The van der Waals surface area contributed by atoms with E-state index in [9.17, 15) is 8.42 Å². The Balaban J connectivity index is 2.02. The SMILES string of the molecule is CC(Cl)c1nc2cc(Br)ccc2n1CC1CCS(=O)(=O)C1. The van der Waals surface area contributed by atoms with Crippen LogP contribution in [0, 0.1) is 5.92 Å². The van der Waals surface area contributed by atoms with Crippen LogP contribution in [0.2, 0.25) is 0 Å². The van der Waals surface area contributed by atoms with Gasteiger partial charge in [-0.3, -0.25) is 0 Å². The van der Waals surface area contributed by atoms with Gasteiger partial charge in [0.15, 0.2) is 9.84 Å². The maximum Gasteiger partial charge on any atom is 0.150 e. The fraction of sp³-hybridized carbons (Fsp3) is 0.500. The predicted molar refractivity (Wildman–Crippen MR) is 88.5 cm³/mol. The lowest BCUT2D eigenvalue weighted by Gasteiger charge is -2.14. The van der Waals surface area contributed by atoms with Crippen molar-refractivity contribution in [2.24, 2.45) is 5.92 Å². The molecular formula is C14H16BrClN2O2S. The molecule has 2 atom stereocenters. The zero-order chi connectivity index (χ0) is 15.2. The van der Waals surface area contributed by atoms with Gasteiger partial charge in [-0.15, -0.1) is 11.6 Å². The van der Waals surface area contributed by atoms with E-state index in [1.165, 1.54) is 0 Å². The summed E-state index contributed by atoms with van der Waals surface area (Å²) in [4.78, 5) is 4.60. The Morgan fingerprint density at radius 1 is 1.52 bits per heavy atom. The van der Waals surface area contributed by atoms with Crippen molar-refractivity contribution in [3.8, 4) is 0 Å². The number of halogens is 2. The third-order valence-corrected chi connectivity index (χ3v) is 6.39. The van der Waals surface area contributed by atoms with Crippen LogP contribution in [0.5, 0.6) is 0 Å². The molecular weight excluding hydrogens is 376 g/mol. The number of aromatic nitrogens is 2. The number of alkyl halides is 1. The van der Waals surface area contributed by atoms with Gasteiger partial charge in [-0.25, -0.2) is 13.4 Å². The van der Waals surface area contributed by atoms with Gasteiger partial charge in [0, 0.05) is 11.0 Å². The van der Waals surface area contributed by atoms with Crippen molar-refractivity contribution in [1.82, 2.24) is 9.55 Å². The first-order chi connectivity index (χ1) is 9.85. The summed E-state index contributed by atoms with van der Waals surface area (Å²) in [5.41, 5.74) is 1.89. The quantitative estimate of drug-likeness (QED) is 0.752. The first kappa shape index (κ1) is 15.3. The summed E-state index contributed by atoms with van der Waals surface area (Å²) in [7, 11) is -2.87. The first-order valence-electron chi connectivity index (χ1n) is 6.86. The molecule has 1 aliphatic rings. The molecule has 114 valence electrons. The van der Waals surface area contributed by atoms with Crippen molar-refractivity contribution >= 4 is 48.4 Å². The topological polar surface area (TPSA) is 52.0 Å². The fourth-order valence-corrected chi connectivity index (χ4v) is 5.26. The van der Waals surface area contributed by atoms with Crippen molar-refractivity contribution < 1.29 is 8.42 Å². The lowest BCUT2D eigenvalue weighted by atomic mass is 10.1. The highest BCUT2D eigenvalue weighted by molar-refractivity contribution is 9.10. The van der Waals surface area contributed by atoms with Crippen LogP contribution in [0.4, 0.5) is 0 Å². The van der Waals surface area contributed by atoms with Gasteiger partial charge in [0.1, 0.15) is 5.82 Å². The normalized spacial score (nSPS) is 22.7. The van der Waals surface area contributed by atoms with E-state index in [2.05, 4.69) is 25.5 Å². The molecule has 0 radical (unpaired) electrons. The molecule has 7 heteroatoms. The van der Waals surface area contributed by atoms with Crippen molar-refractivity contribution in [2.45, 2.75) is 25.3 Å². The third kappa shape index (κ3) is 3.12. The molecule has 1 saturated heterocycles. The Morgan fingerprint density at radius 3 is 2.90 bits per heavy atom. The standard InChI is InChI=1S/C14H16BrClN2O2S/c1-9(16)14-17-12-6-11(15)2-3-13(12)18(14)7-10-4-5-21(19,20)8-10/h2-3,6,9-10H,4-5,7-8H2,1H3. The van der Waals surface area contributed by atoms with Gasteiger partial charge in [-0.1, -0.05) is 15.9 Å². The Labute approximate surface area is 137 Å². The Kier molecular flexibility index (Phi) is 4.05. The number of benzene rings is 1. The van der Waals surface area contributed by atoms with E-state index in [1.807, 2.05) is 25.1 Å². The second kappa shape index (κ2) is 5.56. The summed E-state index contributed by atoms with van der Waals surface area (Å²) in [5.74, 6) is 1.50. The van der Waals surface area contributed by atoms with Gasteiger partial charge in [-0.2, -0.15) is 0 Å². The summed E-state index contributed by atoms with van der Waals surface area (Å²) >= 11 is 9.69. The lowest BCUT2D eigenvalue weighted by Crippen LogP contribution is -2.15. The van der Waals surface area contributed by atoms with E-state index >= 15 is 0 Å². The smallest absolute Gasteiger partial charge is 0.150 e. The Bertz CT molecular complexity index is 786. The summed E-state index contributed by atoms with van der Waals surface area (Å²) in [6.07, 6.45) is 0.717. The highest BCUT2D eigenvalue weighted by atomic mass is 79.9. The summed E-state index contributed by atoms with van der Waals surface area (Å²) < 4.78 is 26.3. The molecule has 1 aromatic heterocycles. The summed E-state index contributed by atoms with van der Waals surface area (Å²) in [5, 5.41) is -0.214. The average molecular weight is 392 g/mol. The minimum atomic E-state index is -2.87. The molecule has 0 aliphatic carbocycles. The number of nitrogens with zero attached hydrogens (tertiary/aromatic N) is 2. The van der Waals surface area contributed by atoms with Crippen LogP contribution in [0.25, 0.3) is 11.0 Å². The fourth-order valence-electron chi connectivity index (χ4n) is 2.89. The van der Waals surface area contributed by atoms with Gasteiger partial charge >= 0.3 is 0 Å². The lowest BCUT2D eigenvalue weighted by molar-refractivity contribution is 0.486. The largest absolute Gasteiger partial charge is 0.326 e. The van der Waals surface area contributed by atoms with Gasteiger partial charge in [0.2, 0.25) is 0 Å². The summed E-state index contributed by atoms with van der Waals surface area (Å²) in [6, 6.07) is 5.92. The minimum Gasteiger partial charge on any atom is -0.326 e. The first-order valence-corrected chi connectivity index (χ1v) is 9.91. The van der Waals surface area contributed by atoms with E-state index in [-0.39, 0.29) is 17.0 Å². The molecule has 0 bridgehead atoms. The van der Waals surface area contributed by atoms with Crippen molar-refractivity contribution in [3.05, 3.63) is 28.5 Å². The molecule has 1 aliphatic heterocycles. The van der Waals surface area contributed by atoms with Gasteiger partial charge in [-0.05, 0) is 37.5 Å². The zero-order valence-corrected chi connectivity index (χ0v) is 14.7. The highest BCUT2D eigenvalue weighted by Gasteiger charge is 2.29. The van der Waals surface area contributed by atoms with Gasteiger partial charge < -0.3 is 4.57 Å². The van der Waals surface area contributed by atoms with Gasteiger partial charge in [0.25, 0.3) is 0 Å². The molecule has 0 spiro atoms. The molecule has 2 unspecified atom stereocenters. The van der Waals surface area contributed by atoms with E-state index in [0.717, 1.165) is 21.3 Å². The third-order valence-electron chi connectivity index (χ3n) is 3.86. The van der Waals surface area contributed by atoms with Crippen molar-refractivity contribution in [1.29, 1.82) is 0 Å². The Hall–Kier alpha value is -0.590. The molecule has 4 nitrogen and oxygen atoms in total. The summed E-state index contributed by atoms with van der Waals surface area (Å²) in [6.45, 7) is 2.55. The van der Waals surface area contributed by atoms with Crippen LogP contribution in [-0.2, 0) is 16.4 Å². The van der Waals surface area contributed by atoms with E-state index in [0.29, 0.717) is 18.7 Å².